The van der Waals surface area contributed by atoms with Gasteiger partial charge in [0, 0.05) is 12.0 Å². The fourth-order valence-corrected chi connectivity index (χ4v) is 3.32. The number of carbonyl (C=O) groups is 1. The van der Waals surface area contributed by atoms with Gasteiger partial charge in [-0.25, -0.2) is 0 Å². The van der Waals surface area contributed by atoms with Gasteiger partial charge in [0.05, 0.1) is 23.9 Å². The van der Waals surface area contributed by atoms with Crippen LogP contribution in [0.5, 0.6) is 5.75 Å². The van der Waals surface area contributed by atoms with Crippen LogP contribution in [-0.2, 0) is 0 Å². The number of ether oxygens (including phenoxy) is 1. The van der Waals surface area contributed by atoms with E-state index in [-0.39, 0.29) is 24.1 Å². The van der Waals surface area contributed by atoms with Crippen molar-refractivity contribution in [3.05, 3.63) is 60.2 Å². The first-order chi connectivity index (χ1) is 11.2. The van der Waals surface area contributed by atoms with E-state index in [4.69, 9.17) is 4.74 Å². The van der Waals surface area contributed by atoms with Gasteiger partial charge in [-0.15, -0.1) is 0 Å². The highest BCUT2D eigenvalue weighted by Crippen LogP contribution is 2.37. The molecular weight excluding hydrogens is 292 g/mol. The third-order valence-corrected chi connectivity index (χ3v) is 4.51. The fourth-order valence-electron chi connectivity index (χ4n) is 3.32. The summed E-state index contributed by atoms with van der Waals surface area (Å²) in [6.45, 7) is 0. The molecule has 0 bridgehead atoms. The number of anilines is 1. The first-order valence-corrected chi connectivity index (χ1v) is 7.78. The normalized spacial score (nSPS) is 28.0. The van der Waals surface area contributed by atoms with Crippen LogP contribution in [0, 0.1) is 0 Å². The summed E-state index contributed by atoms with van der Waals surface area (Å²) in [6, 6.07) is 16.1. The van der Waals surface area contributed by atoms with Crippen molar-refractivity contribution in [2.24, 2.45) is 0 Å². The second-order valence-corrected chi connectivity index (χ2v) is 5.99. The molecule has 1 fully saturated rings. The molecule has 5 heteroatoms. The van der Waals surface area contributed by atoms with Gasteiger partial charge >= 0.3 is 0 Å². The Balaban J connectivity index is 1.48. The van der Waals surface area contributed by atoms with Crippen molar-refractivity contribution in [3.8, 4) is 5.75 Å². The van der Waals surface area contributed by atoms with Crippen molar-refractivity contribution < 1.29 is 14.6 Å². The molecule has 0 aromatic heterocycles. The highest BCUT2D eigenvalue weighted by molar-refractivity contribution is 5.94. The Morgan fingerprint density at radius 1 is 1.13 bits per heavy atom. The molecular formula is C18H18N2O3. The van der Waals surface area contributed by atoms with Crippen LogP contribution in [0.2, 0.25) is 0 Å². The van der Waals surface area contributed by atoms with Crippen molar-refractivity contribution in [1.29, 1.82) is 0 Å². The van der Waals surface area contributed by atoms with Gasteiger partial charge in [-0.1, -0.05) is 30.3 Å². The molecule has 2 aliphatic rings. The summed E-state index contributed by atoms with van der Waals surface area (Å²) >= 11 is 0. The van der Waals surface area contributed by atoms with Crippen LogP contribution in [0.1, 0.15) is 16.8 Å². The zero-order valence-electron chi connectivity index (χ0n) is 12.5. The molecule has 0 unspecified atom stereocenters. The van der Waals surface area contributed by atoms with Crippen LogP contribution in [0.25, 0.3) is 0 Å². The van der Waals surface area contributed by atoms with E-state index in [9.17, 15) is 9.90 Å². The summed E-state index contributed by atoms with van der Waals surface area (Å²) in [6.07, 6.45) is -0.270. The number of para-hydroxylation sites is 2. The molecule has 1 heterocycles. The first kappa shape index (κ1) is 14.1. The lowest BCUT2D eigenvalue weighted by molar-refractivity contribution is 0.0853. The second-order valence-electron chi connectivity index (χ2n) is 5.99. The summed E-state index contributed by atoms with van der Waals surface area (Å²) in [4.78, 5) is 12.3. The van der Waals surface area contributed by atoms with Crippen LogP contribution in [0.4, 0.5) is 5.69 Å². The van der Waals surface area contributed by atoms with Gasteiger partial charge in [-0.3, -0.25) is 4.79 Å². The Bertz CT molecular complexity index is 719. The minimum absolute atomic E-state index is 0.152. The molecule has 4 atom stereocenters. The van der Waals surface area contributed by atoms with Gasteiger partial charge in [0.15, 0.2) is 0 Å². The van der Waals surface area contributed by atoms with E-state index in [0.29, 0.717) is 12.0 Å². The highest BCUT2D eigenvalue weighted by Gasteiger charge is 2.46. The Labute approximate surface area is 134 Å². The van der Waals surface area contributed by atoms with E-state index in [1.807, 2.05) is 42.5 Å². The van der Waals surface area contributed by atoms with E-state index >= 15 is 0 Å². The minimum Gasteiger partial charge on any atom is -0.486 e. The predicted molar refractivity (Wildman–Crippen MR) is 86.6 cm³/mol. The van der Waals surface area contributed by atoms with Crippen molar-refractivity contribution in [2.45, 2.75) is 30.7 Å². The quantitative estimate of drug-likeness (QED) is 0.791. The number of aliphatic hydroxyl groups excluding tert-OH is 1. The van der Waals surface area contributed by atoms with Gasteiger partial charge < -0.3 is 20.5 Å². The summed E-state index contributed by atoms with van der Waals surface area (Å²) in [5, 5.41) is 16.8. The molecule has 2 aromatic rings. The van der Waals surface area contributed by atoms with Crippen molar-refractivity contribution in [3.63, 3.8) is 0 Å². The molecule has 0 radical (unpaired) electrons. The number of hydrogen-bond acceptors (Lipinski definition) is 4. The second kappa shape index (κ2) is 5.59. The van der Waals surface area contributed by atoms with E-state index in [1.165, 1.54) is 0 Å². The predicted octanol–water partition coefficient (Wildman–Crippen LogP) is 1.79. The third kappa shape index (κ3) is 2.53. The van der Waals surface area contributed by atoms with Crippen molar-refractivity contribution in [2.75, 3.05) is 5.32 Å². The molecule has 1 aliphatic carbocycles. The lowest BCUT2D eigenvalue weighted by Gasteiger charge is -2.31. The fraction of sp³-hybridized carbons (Fsp3) is 0.278. The van der Waals surface area contributed by atoms with E-state index in [0.717, 1.165) is 11.4 Å². The van der Waals surface area contributed by atoms with Crippen LogP contribution in [0.3, 0.4) is 0 Å². The maximum Gasteiger partial charge on any atom is 0.251 e. The average Bonchev–Trinajstić information content (AvgIpc) is 2.89. The summed E-state index contributed by atoms with van der Waals surface area (Å²) < 4.78 is 5.97. The van der Waals surface area contributed by atoms with Gasteiger partial charge in [0.25, 0.3) is 5.91 Å². The zero-order chi connectivity index (χ0) is 15.8. The molecule has 118 valence electrons. The Hall–Kier alpha value is -2.53. The van der Waals surface area contributed by atoms with E-state index in [2.05, 4.69) is 10.6 Å². The number of benzene rings is 2. The first-order valence-electron chi connectivity index (χ1n) is 7.78. The lowest BCUT2D eigenvalue weighted by atomic mass is 10.1. The van der Waals surface area contributed by atoms with Gasteiger partial charge in [0.2, 0.25) is 0 Å². The summed E-state index contributed by atoms with van der Waals surface area (Å²) in [5.74, 6) is 0.613. The standard InChI is InChI=1S/C18H18N2O3/c21-17-13(20-18(22)11-6-2-1-3-7-11)10-15-16(17)19-12-8-4-5-9-14(12)23-15/h1-9,13,15-17,19,21H,10H2,(H,20,22)/t13-,15-,16-,17-/m1/s1. The van der Waals surface area contributed by atoms with E-state index < -0.39 is 6.10 Å². The van der Waals surface area contributed by atoms with Crippen LogP contribution >= 0.6 is 0 Å². The smallest absolute Gasteiger partial charge is 0.251 e. The maximum absolute atomic E-state index is 12.3. The molecule has 4 rings (SSSR count). The van der Waals surface area contributed by atoms with Gasteiger partial charge in [-0.05, 0) is 24.3 Å². The highest BCUT2D eigenvalue weighted by atomic mass is 16.5. The molecule has 1 aliphatic heterocycles. The van der Waals surface area contributed by atoms with Crippen LogP contribution in [0.15, 0.2) is 54.6 Å². The molecule has 23 heavy (non-hydrogen) atoms. The summed E-state index contributed by atoms with van der Waals surface area (Å²) in [7, 11) is 0. The number of amides is 1. The molecule has 0 spiro atoms. The Morgan fingerprint density at radius 3 is 2.70 bits per heavy atom. The topological polar surface area (TPSA) is 70.6 Å². The maximum atomic E-state index is 12.3. The largest absolute Gasteiger partial charge is 0.486 e. The minimum atomic E-state index is -0.694. The average molecular weight is 310 g/mol. The Kier molecular flexibility index (Phi) is 3.42. The molecule has 0 saturated heterocycles. The van der Waals surface area contributed by atoms with Crippen molar-refractivity contribution >= 4 is 11.6 Å². The van der Waals surface area contributed by atoms with Gasteiger partial charge in [-0.2, -0.15) is 0 Å². The monoisotopic (exact) mass is 310 g/mol. The summed E-state index contributed by atoms with van der Waals surface area (Å²) in [5.41, 5.74) is 1.47. The number of hydrogen-bond donors (Lipinski definition) is 3. The lowest BCUT2D eigenvalue weighted by Crippen LogP contribution is -2.47. The zero-order valence-corrected chi connectivity index (χ0v) is 12.5. The van der Waals surface area contributed by atoms with Crippen LogP contribution < -0.4 is 15.4 Å². The Morgan fingerprint density at radius 2 is 1.87 bits per heavy atom. The number of nitrogens with one attached hydrogen (secondary N) is 2. The number of rotatable bonds is 2. The number of carbonyl (C=O) groups excluding carboxylic acids is 1. The molecule has 2 aromatic carbocycles. The molecule has 1 amide bonds. The molecule has 1 saturated carbocycles. The van der Waals surface area contributed by atoms with Gasteiger partial charge in [0.1, 0.15) is 11.9 Å². The van der Waals surface area contributed by atoms with Crippen molar-refractivity contribution in [1.82, 2.24) is 5.32 Å². The SMILES string of the molecule is O=C(N[C@@H]1C[C@H]2Oc3ccccc3N[C@H]2[C@@H]1O)c1ccccc1. The molecule has 5 nitrogen and oxygen atoms in total. The number of fused-ring (bicyclic) bond motifs is 2. The third-order valence-electron chi connectivity index (χ3n) is 4.51. The van der Waals surface area contributed by atoms with E-state index in [1.54, 1.807) is 12.1 Å². The number of aliphatic hydroxyl groups is 1. The molecule has 3 N–H and O–H groups in total. The van der Waals surface area contributed by atoms with Crippen LogP contribution in [-0.4, -0.2) is 35.3 Å².